The van der Waals surface area contributed by atoms with Crippen molar-refractivity contribution in [2.45, 2.75) is 25.4 Å². The minimum Gasteiger partial charge on any atom is -0.459 e. The number of ketones is 1. The molecule has 0 N–H and O–H groups in total. The van der Waals surface area contributed by atoms with Gasteiger partial charge in [-0.2, -0.15) is 0 Å². The lowest BCUT2D eigenvalue weighted by molar-refractivity contribution is -0.129. The highest BCUT2D eigenvalue weighted by molar-refractivity contribution is 5.91. The van der Waals surface area contributed by atoms with Crippen LogP contribution in [0, 0.1) is 5.82 Å². The summed E-state index contributed by atoms with van der Waals surface area (Å²) in [6, 6.07) is 7.35. The van der Waals surface area contributed by atoms with Crippen molar-refractivity contribution < 1.29 is 41.5 Å². The van der Waals surface area contributed by atoms with E-state index >= 15 is 0 Å². The van der Waals surface area contributed by atoms with Crippen LogP contribution in [0.1, 0.15) is 23.4 Å². The Morgan fingerprint density at radius 3 is 2.68 bits per heavy atom. The summed E-state index contributed by atoms with van der Waals surface area (Å²) in [6.07, 6.45) is -3.60. The van der Waals surface area contributed by atoms with E-state index in [1.807, 2.05) is 0 Å². The van der Waals surface area contributed by atoms with Gasteiger partial charge in [0, 0.05) is 19.5 Å². The minimum absolute atomic E-state index is 0.0234. The summed E-state index contributed by atoms with van der Waals surface area (Å²) >= 11 is 0. The maximum absolute atomic E-state index is 15.0. The van der Waals surface area contributed by atoms with Gasteiger partial charge in [-0.15, -0.1) is 0 Å². The van der Waals surface area contributed by atoms with Crippen molar-refractivity contribution >= 4 is 29.2 Å². The van der Waals surface area contributed by atoms with Gasteiger partial charge in [-0.1, -0.05) is 0 Å². The Morgan fingerprint density at radius 1 is 1.15 bits per heavy atom. The summed E-state index contributed by atoms with van der Waals surface area (Å²) in [5.74, 6) is -2.10. The van der Waals surface area contributed by atoms with Crippen molar-refractivity contribution in [1.29, 1.82) is 0 Å². The molecule has 2 aromatic rings. The molecular weight excluding hydrogens is 459 g/mol. The van der Waals surface area contributed by atoms with Gasteiger partial charge in [0.1, 0.15) is 11.9 Å². The van der Waals surface area contributed by atoms with E-state index in [2.05, 4.69) is 0 Å². The standard InChI is InChI=1S/C22H22F3N3O6/c23-16-12-14(27-13-15(34-22(27)31)4-6-18(29)20(24)25)3-5-17(16)26-7-8-28(33-11-9-26)21(30)19-2-1-10-32-19/h1-3,5,10,12,15,20H,4,6-9,11,13H2/t15-/m0/s1. The molecule has 0 spiro atoms. The quantitative estimate of drug-likeness (QED) is 0.600. The number of nitrogens with zero attached hydrogens (tertiary/aromatic N) is 3. The molecule has 1 aromatic carbocycles. The number of halogens is 3. The SMILES string of the molecule is O=C(CC[C@H]1CN(c2ccc(N3CCON(C(=O)c4ccco4)CC3)c(F)c2)C(=O)O1)C(F)F. The molecule has 2 amide bonds. The van der Waals surface area contributed by atoms with Crippen molar-refractivity contribution in [3.63, 3.8) is 0 Å². The van der Waals surface area contributed by atoms with E-state index in [-0.39, 0.29) is 43.3 Å². The van der Waals surface area contributed by atoms with E-state index < -0.39 is 42.6 Å². The highest BCUT2D eigenvalue weighted by Crippen LogP contribution is 2.29. The summed E-state index contributed by atoms with van der Waals surface area (Å²) in [5.41, 5.74) is 0.515. The summed E-state index contributed by atoms with van der Waals surface area (Å²) in [7, 11) is 0. The zero-order valence-electron chi connectivity index (χ0n) is 18.0. The first kappa shape index (κ1) is 23.6. The predicted octanol–water partition coefficient (Wildman–Crippen LogP) is 3.25. The Hall–Kier alpha value is -3.54. The fourth-order valence-corrected chi connectivity index (χ4v) is 3.79. The van der Waals surface area contributed by atoms with Crippen LogP contribution in [-0.4, -0.2) is 68.2 Å². The molecule has 1 atom stereocenters. The van der Waals surface area contributed by atoms with Crippen LogP contribution >= 0.6 is 0 Å². The average Bonchev–Trinajstić information content (AvgIpc) is 3.41. The van der Waals surface area contributed by atoms with Gasteiger partial charge in [0.25, 0.3) is 6.43 Å². The molecule has 4 rings (SSSR count). The maximum atomic E-state index is 15.0. The Labute approximate surface area is 192 Å². The van der Waals surface area contributed by atoms with Crippen LogP contribution < -0.4 is 9.80 Å². The van der Waals surface area contributed by atoms with E-state index in [1.54, 1.807) is 17.0 Å². The third-order valence-electron chi connectivity index (χ3n) is 5.55. The first-order valence-corrected chi connectivity index (χ1v) is 10.7. The number of carbonyl (C=O) groups excluding carboxylic acids is 3. The third kappa shape index (κ3) is 5.16. The fourth-order valence-electron chi connectivity index (χ4n) is 3.79. The molecule has 2 aliphatic rings. The van der Waals surface area contributed by atoms with Gasteiger partial charge in [0.2, 0.25) is 0 Å². The van der Waals surface area contributed by atoms with Crippen LogP contribution in [0.3, 0.4) is 0 Å². The summed E-state index contributed by atoms with van der Waals surface area (Å²) in [6.45, 7) is 0.970. The van der Waals surface area contributed by atoms with Gasteiger partial charge in [0.15, 0.2) is 11.5 Å². The zero-order chi connectivity index (χ0) is 24.2. The molecule has 2 fully saturated rings. The topological polar surface area (TPSA) is 92.5 Å². The van der Waals surface area contributed by atoms with Crippen LogP contribution in [0.5, 0.6) is 0 Å². The number of alkyl halides is 2. The number of rotatable bonds is 7. The van der Waals surface area contributed by atoms with Crippen molar-refractivity contribution in [1.82, 2.24) is 5.06 Å². The van der Waals surface area contributed by atoms with Crippen LogP contribution in [0.2, 0.25) is 0 Å². The number of carbonyl (C=O) groups is 3. The van der Waals surface area contributed by atoms with E-state index in [4.69, 9.17) is 14.0 Å². The smallest absolute Gasteiger partial charge is 0.414 e. The number of cyclic esters (lactones) is 1. The molecule has 3 heterocycles. The first-order valence-electron chi connectivity index (χ1n) is 10.7. The van der Waals surface area contributed by atoms with Crippen LogP contribution in [0.15, 0.2) is 41.0 Å². The van der Waals surface area contributed by atoms with Gasteiger partial charge >= 0.3 is 12.0 Å². The highest BCUT2D eigenvalue weighted by atomic mass is 19.3. The Kier molecular flexibility index (Phi) is 7.06. The van der Waals surface area contributed by atoms with Crippen molar-refractivity contribution in [3.8, 4) is 0 Å². The zero-order valence-corrected chi connectivity index (χ0v) is 18.0. The number of hydrogen-bond donors (Lipinski definition) is 0. The Bertz CT molecular complexity index is 1050. The Balaban J connectivity index is 1.38. The molecule has 0 unspecified atom stereocenters. The molecule has 9 nitrogen and oxygen atoms in total. The molecule has 182 valence electrons. The molecular formula is C22H22F3N3O6. The summed E-state index contributed by atoms with van der Waals surface area (Å²) < 4.78 is 49.9. The number of Topliss-reactive ketones (excluding diaryl/α,β-unsaturated/α-hetero) is 1. The molecule has 0 bridgehead atoms. The van der Waals surface area contributed by atoms with Gasteiger partial charge < -0.3 is 14.1 Å². The third-order valence-corrected chi connectivity index (χ3v) is 5.55. The second-order valence-corrected chi connectivity index (χ2v) is 7.76. The lowest BCUT2D eigenvalue weighted by Crippen LogP contribution is -2.34. The van der Waals surface area contributed by atoms with Gasteiger partial charge in [-0.05, 0) is 36.8 Å². The molecule has 2 aliphatic heterocycles. The number of anilines is 2. The van der Waals surface area contributed by atoms with E-state index in [1.165, 1.54) is 34.4 Å². The maximum Gasteiger partial charge on any atom is 0.414 e. The van der Waals surface area contributed by atoms with Gasteiger partial charge in [-0.3, -0.25) is 19.3 Å². The molecule has 0 radical (unpaired) electrons. The van der Waals surface area contributed by atoms with Crippen molar-refractivity contribution in [2.75, 3.05) is 42.6 Å². The van der Waals surface area contributed by atoms with Gasteiger partial charge in [-0.25, -0.2) is 23.0 Å². The van der Waals surface area contributed by atoms with E-state index in [9.17, 15) is 27.6 Å². The lowest BCUT2D eigenvalue weighted by atomic mass is 10.1. The van der Waals surface area contributed by atoms with E-state index in [0.717, 1.165) is 0 Å². The number of hydrogen-bond acceptors (Lipinski definition) is 7. The van der Waals surface area contributed by atoms with Crippen LogP contribution in [0.25, 0.3) is 0 Å². The van der Waals surface area contributed by atoms with Crippen molar-refractivity contribution in [2.24, 2.45) is 0 Å². The van der Waals surface area contributed by atoms with Crippen LogP contribution in [0.4, 0.5) is 29.3 Å². The molecule has 0 saturated carbocycles. The number of hydroxylamine groups is 2. The number of ether oxygens (including phenoxy) is 1. The largest absolute Gasteiger partial charge is 0.459 e. The summed E-state index contributed by atoms with van der Waals surface area (Å²) in [5, 5.41) is 1.17. The number of benzene rings is 1. The lowest BCUT2D eigenvalue weighted by Gasteiger charge is -2.23. The van der Waals surface area contributed by atoms with Crippen molar-refractivity contribution in [3.05, 3.63) is 48.2 Å². The normalized spacial score (nSPS) is 18.9. The first-order chi connectivity index (χ1) is 16.3. The monoisotopic (exact) mass is 481 g/mol. The fraction of sp³-hybridized carbons (Fsp3) is 0.409. The minimum atomic E-state index is -3.06. The molecule has 1 aromatic heterocycles. The second-order valence-electron chi connectivity index (χ2n) is 7.76. The average molecular weight is 481 g/mol. The van der Waals surface area contributed by atoms with E-state index in [0.29, 0.717) is 13.1 Å². The predicted molar refractivity (Wildman–Crippen MR) is 112 cm³/mol. The van der Waals surface area contributed by atoms with Crippen LogP contribution in [-0.2, 0) is 14.4 Å². The van der Waals surface area contributed by atoms with Gasteiger partial charge in [0.05, 0.1) is 37.3 Å². The molecule has 0 aliphatic carbocycles. The Morgan fingerprint density at radius 2 is 1.97 bits per heavy atom. The molecule has 34 heavy (non-hydrogen) atoms. The second kappa shape index (κ2) is 10.2. The molecule has 12 heteroatoms. The number of amides is 2. The molecule has 2 saturated heterocycles. The number of furan rings is 1. The highest BCUT2D eigenvalue weighted by Gasteiger charge is 2.34. The summed E-state index contributed by atoms with van der Waals surface area (Å²) in [4.78, 5) is 44.1.